The highest BCUT2D eigenvalue weighted by Crippen LogP contribution is 2.15. The number of hydrogen-bond acceptors (Lipinski definition) is 1. The molecule has 1 heteroatoms. The van der Waals surface area contributed by atoms with E-state index in [9.17, 15) is 0 Å². The van der Waals surface area contributed by atoms with E-state index < -0.39 is 0 Å². The minimum Gasteiger partial charge on any atom is -0.158 e. The standard InChI is InChI=1S/C10H20S/c1-4-6-7-8-9-10(5-2)11-3/h5,10H,2,4,6-9H2,1,3H3. The molecule has 0 aliphatic carbocycles. The van der Waals surface area contributed by atoms with E-state index in [0.717, 1.165) is 0 Å². The summed E-state index contributed by atoms with van der Waals surface area (Å²) in [5, 5.41) is 0.687. The normalized spacial score (nSPS) is 12.9. The first-order valence-electron chi connectivity index (χ1n) is 4.50. The van der Waals surface area contributed by atoms with Crippen LogP contribution in [0, 0.1) is 0 Å². The van der Waals surface area contributed by atoms with Crippen LogP contribution in [0.4, 0.5) is 0 Å². The summed E-state index contributed by atoms with van der Waals surface area (Å²) in [6.45, 7) is 6.06. The van der Waals surface area contributed by atoms with Crippen LogP contribution in [-0.4, -0.2) is 11.5 Å². The van der Waals surface area contributed by atoms with Crippen molar-refractivity contribution >= 4 is 11.8 Å². The molecule has 0 aromatic rings. The van der Waals surface area contributed by atoms with Crippen LogP contribution >= 0.6 is 11.8 Å². The maximum Gasteiger partial charge on any atom is 0.0221 e. The molecule has 1 unspecified atom stereocenters. The predicted octanol–water partition coefficient (Wildman–Crippen LogP) is 3.87. The third kappa shape index (κ3) is 6.49. The van der Waals surface area contributed by atoms with Crippen LogP contribution in [0.5, 0.6) is 0 Å². The van der Waals surface area contributed by atoms with E-state index in [4.69, 9.17) is 0 Å². The van der Waals surface area contributed by atoms with E-state index in [0.29, 0.717) is 5.25 Å². The van der Waals surface area contributed by atoms with Crippen molar-refractivity contribution in [2.24, 2.45) is 0 Å². The maximum absolute atomic E-state index is 3.81. The fourth-order valence-corrected chi connectivity index (χ4v) is 1.70. The van der Waals surface area contributed by atoms with Gasteiger partial charge in [-0.05, 0) is 12.7 Å². The van der Waals surface area contributed by atoms with Gasteiger partial charge in [0.25, 0.3) is 0 Å². The minimum atomic E-state index is 0.687. The third-order valence-electron chi connectivity index (χ3n) is 1.91. The summed E-state index contributed by atoms with van der Waals surface area (Å²) in [5.41, 5.74) is 0. The van der Waals surface area contributed by atoms with Gasteiger partial charge in [-0.1, -0.05) is 38.7 Å². The smallest absolute Gasteiger partial charge is 0.0221 e. The monoisotopic (exact) mass is 172 g/mol. The van der Waals surface area contributed by atoms with E-state index in [1.54, 1.807) is 0 Å². The molecule has 11 heavy (non-hydrogen) atoms. The van der Waals surface area contributed by atoms with E-state index in [2.05, 4.69) is 25.8 Å². The molecule has 0 fully saturated rings. The number of unbranched alkanes of at least 4 members (excludes halogenated alkanes) is 3. The second-order valence-electron chi connectivity index (χ2n) is 2.86. The highest BCUT2D eigenvalue weighted by atomic mass is 32.2. The third-order valence-corrected chi connectivity index (χ3v) is 2.94. The summed E-state index contributed by atoms with van der Waals surface area (Å²) in [6, 6.07) is 0. The average Bonchev–Trinajstić information content (AvgIpc) is 2.05. The van der Waals surface area contributed by atoms with Crippen molar-refractivity contribution in [1.29, 1.82) is 0 Å². The van der Waals surface area contributed by atoms with Gasteiger partial charge in [0, 0.05) is 5.25 Å². The van der Waals surface area contributed by atoms with E-state index in [-0.39, 0.29) is 0 Å². The fraction of sp³-hybridized carbons (Fsp3) is 0.800. The zero-order valence-corrected chi connectivity index (χ0v) is 8.62. The van der Waals surface area contributed by atoms with Gasteiger partial charge in [-0.3, -0.25) is 0 Å². The Kier molecular flexibility index (Phi) is 8.26. The quantitative estimate of drug-likeness (QED) is 0.415. The lowest BCUT2D eigenvalue weighted by atomic mass is 10.1. The van der Waals surface area contributed by atoms with E-state index in [1.807, 2.05) is 11.8 Å². The van der Waals surface area contributed by atoms with Crippen LogP contribution in [0.1, 0.15) is 39.0 Å². The van der Waals surface area contributed by atoms with E-state index >= 15 is 0 Å². The van der Waals surface area contributed by atoms with Gasteiger partial charge in [0.15, 0.2) is 0 Å². The van der Waals surface area contributed by atoms with Gasteiger partial charge < -0.3 is 0 Å². The number of thioether (sulfide) groups is 1. The molecule has 0 saturated heterocycles. The van der Waals surface area contributed by atoms with Crippen molar-refractivity contribution in [1.82, 2.24) is 0 Å². The summed E-state index contributed by atoms with van der Waals surface area (Å²) in [4.78, 5) is 0. The maximum atomic E-state index is 3.81. The summed E-state index contributed by atoms with van der Waals surface area (Å²) in [5.74, 6) is 0. The molecule has 0 aliphatic heterocycles. The SMILES string of the molecule is C=CC(CCCCCC)SC. The summed E-state index contributed by atoms with van der Waals surface area (Å²) >= 11 is 1.91. The Labute approximate surface area is 75.5 Å². The Morgan fingerprint density at radius 2 is 2.09 bits per heavy atom. The topological polar surface area (TPSA) is 0 Å². The molecule has 0 nitrogen and oxygen atoms in total. The Bertz CT molecular complexity index is 88.9. The lowest BCUT2D eigenvalue weighted by Crippen LogP contribution is -1.95. The number of rotatable bonds is 7. The largest absolute Gasteiger partial charge is 0.158 e. The van der Waals surface area contributed by atoms with Gasteiger partial charge in [-0.15, -0.1) is 6.58 Å². The van der Waals surface area contributed by atoms with Crippen LogP contribution in [0.3, 0.4) is 0 Å². The molecule has 0 saturated carbocycles. The van der Waals surface area contributed by atoms with Crippen molar-refractivity contribution in [3.8, 4) is 0 Å². The minimum absolute atomic E-state index is 0.687. The van der Waals surface area contributed by atoms with Crippen molar-refractivity contribution in [2.45, 2.75) is 44.3 Å². The molecule has 0 bridgehead atoms. The molecular weight excluding hydrogens is 152 g/mol. The van der Waals surface area contributed by atoms with Crippen molar-refractivity contribution in [2.75, 3.05) is 6.26 Å². The molecule has 66 valence electrons. The van der Waals surface area contributed by atoms with Crippen LogP contribution in [0.2, 0.25) is 0 Å². The summed E-state index contributed by atoms with van der Waals surface area (Å²) in [6.07, 6.45) is 11.0. The molecule has 1 atom stereocenters. The van der Waals surface area contributed by atoms with Crippen molar-refractivity contribution < 1.29 is 0 Å². The second-order valence-corrected chi connectivity index (χ2v) is 3.94. The van der Waals surface area contributed by atoms with Crippen LogP contribution < -0.4 is 0 Å². The Hall–Kier alpha value is 0.0900. The summed E-state index contributed by atoms with van der Waals surface area (Å²) in [7, 11) is 0. The molecule has 0 amide bonds. The molecule has 0 aliphatic rings. The zero-order chi connectivity index (χ0) is 8.53. The van der Waals surface area contributed by atoms with Gasteiger partial charge in [0.2, 0.25) is 0 Å². The second kappa shape index (κ2) is 8.19. The van der Waals surface area contributed by atoms with Gasteiger partial charge in [0.05, 0.1) is 0 Å². The van der Waals surface area contributed by atoms with Crippen molar-refractivity contribution in [3.05, 3.63) is 12.7 Å². The number of hydrogen-bond donors (Lipinski definition) is 0. The molecule has 0 spiro atoms. The first kappa shape index (κ1) is 11.1. The lowest BCUT2D eigenvalue weighted by Gasteiger charge is -2.07. The average molecular weight is 172 g/mol. The Balaban J connectivity index is 3.14. The molecule has 0 N–H and O–H groups in total. The zero-order valence-electron chi connectivity index (χ0n) is 7.81. The lowest BCUT2D eigenvalue weighted by molar-refractivity contribution is 0.642. The highest BCUT2D eigenvalue weighted by Gasteiger charge is 1.99. The molecule has 0 aromatic heterocycles. The van der Waals surface area contributed by atoms with Gasteiger partial charge in [-0.2, -0.15) is 11.8 Å². The predicted molar refractivity (Wildman–Crippen MR) is 56.3 cm³/mol. The van der Waals surface area contributed by atoms with Gasteiger partial charge in [0.1, 0.15) is 0 Å². The Morgan fingerprint density at radius 1 is 1.36 bits per heavy atom. The van der Waals surface area contributed by atoms with Crippen molar-refractivity contribution in [3.63, 3.8) is 0 Å². The molecule has 0 aromatic carbocycles. The Morgan fingerprint density at radius 3 is 2.55 bits per heavy atom. The first-order chi connectivity index (χ1) is 5.35. The molecule has 0 heterocycles. The van der Waals surface area contributed by atoms with Gasteiger partial charge in [-0.25, -0.2) is 0 Å². The summed E-state index contributed by atoms with van der Waals surface area (Å²) < 4.78 is 0. The fourth-order valence-electron chi connectivity index (χ4n) is 1.10. The van der Waals surface area contributed by atoms with Crippen LogP contribution in [0.25, 0.3) is 0 Å². The van der Waals surface area contributed by atoms with Gasteiger partial charge >= 0.3 is 0 Å². The van der Waals surface area contributed by atoms with E-state index in [1.165, 1.54) is 32.1 Å². The van der Waals surface area contributed by atoms with Crippen LogP contribution in [-0.2, 0) is 0 Å². The first-order valence-corrected chi connectivity index (χ1v) is 5.79. The molecule has 0 radical (unpaired) electrons. The highest BCUT2D eigenvalue weighted by molar-refractivity contribution is 7.99. The van der Waals surface area contributed by atoms with Crippen LogP contribution in [0.15, 0.2) is 12.7 Å². The molecular formula is C10H20S. The molecule has 0 rings (SSSR count).